The van der Waals surface area contributed by atoms with Crippen molar-refractivity contribution in [2.45, 2.75) is 12.5 Å². The molecule has 0 aliphatic carbocycles. The molecular formula is C11H15F2NO3. The first-order chi connectivity index (χ1) is 8.04. The molecule has 0 radical (unpaired) electrons. The quantitative estimate of drug-likeness (QED) is 0.864. The summed E-state index contributed by atoms with van der Waals surface area (Å²) < 4.78 is 40.3. The maximum absolute atomic E-state index is 12.6. The van der Waals surface area contributed by atoms with Gasteiger partial charge in [-0.25, -0.2) is 8.78 Å². The Morgan fingerprint density at radius 1 is 0.941 bits per heavy atom. The van der Waals surface area contributed by atoms with Crippen LogP contribution in [0.3, 0.4) is 0 Å². The van der Waals surface area contributed by atoms with E-state index in [0.29, 0.717) is 11.5 Å². The van der Waals surface area contributed by atoms with E-state index in [0.717, 1.165) is 0 Å². The van der Waals surface area contributed by atoms with E-state index in [4.69, 9.17) is 19.9 Å². The molecule has 0 saturated carbocycles. The summed E-state index contributed by atoms with van der Waals surface area (Å²) in [4.78, 5) is 0. The number of halogens is 2. The van der Waals surface area contributed by atoms with Crippen molar-refractivity contribution in [3.8, 4) is 17.2 Å². The lowest BCUT2D eigenvalue weighted by molar-refractivity contribution is 0.115. The van der Waals surface area contributed by atoms with Crippen molar-refractivity contribution in [2.75, 3.05) is 21.3 Å². The minimum absolute atomic E-state index is 0.181. The molecule has 96 valence electrons. The first-order valence-corrected chi connectivity index (χ1v) is 4.88. The Morgan fingerprint density at radius 2 is 1.41 bits per heavy atom. The third kappa shape index (κ3) is 2.76. The standard InChI is InChI=1S/C11H15F2NO3/c1-15-7-5-9(17-3)8(16-2)4-6(7)10(14)11(12)13/h4-5,10-11H,14H2,1-3H3/t10-/m0/s1. The van der Waals surface area contributed by atoms with Gasteiger partial charge in [-0.2, -0.15) is 0 Å². The summed E-state index contributed by atoms with van der Waals surface area (Å²) in [6, 6.07) is 1.44. The molecule has 0 aliphatic rings. The van der Waals surface area contributed by atoms with Crippen LogP contribution in [0, 0.1) is 0 Å². The molecule has 0 heterocycles. The zero-order valence-corrected chi connectivity index (χ0v) is 9.87. The Kier molecular flexibility index (Phi) is 4.51. The zero-order valence-electron chi connectivity index (χ0n) is 9.87. The van der Waals surface area contributed by atoms with Gasteiger partial charge in [-0.15, -0.1) is 0 Å². The van der Waals surface area contributed by atoms with Crippen LogP contribution in [-0.2, 0) is 0 Å². The number of methoxy groups -OCH3 is 3. The molecule has 0 fully saturated rings. The average molecular weight is 247 g/mol. The van der Waals surface area contributed by atoms with E-state index >= 15 is 0 Å². The lowest BCUT2D eigenvalue weighted by Crippen LogP contribution is -2.19. The maximum Gasteiger partial charge on any atom is 0.257 e. The van der Waals surface area contributed by atoms with E-state index in [9.17, 15) is 8.78 Å². The molecule has 1 rings (SSSR count). The zero-order chi connectivity index (χ0) is 13.0. The molecule has 1 aromatic rings. The van der Waals surface area contributed by atoms with E-state index in [1.54, 1.807) is 0 Å². The van der Waals surface area contributed by atoms with Gasteiger partial charge >= 0.3 is 0 Å². The van der Waals surface area contributed by atoms with Gasteiger partial charge in [0.1, 0.15) is 5.75 Å². The summed E-state index contributed by atoms with van der Waals surface area (Å²) in [5.41, 5.74) is 5.58. The molecule has 17 heavy (non-hydrogen) atoms. The predicted molar refractivity (Wildman–Crippen MR) is 59.0 cm³/mol. The normalized spacial score (nSPS) is 12.4. The smallest absolute Gasteiger partial charge is 0.257 e. The number of ether oxygens (including phenoxy) is 3. The van der Waals surface area contributed by atoms with Crippen LogP contribution in [0.25, 0.3) is 0 Å². The van der Waals surface area contributed by atoms with Crippen LogP contribution in [-0.4, -0.2) is 27.8 Å². The van der Waals surface area contributed by atoms with Crippen molar-refractivity contribution in [3.05, 3.63) is 17.7 Å². The Hall–Kier alpha value is -1.56. The topological polar surface area (TPSA) is 53.7 Å². The van der Waals surface area contributed by atoms with Crippen molar-refractivity contribution in [2.24, 2.45) is 5.73 Å². The van der Waals surface area contributed by atoms with Crippen molar-refractivity contribution >= 4 is 0 Å². The van der Waals surface area contributed by atoms with E-state index in [2.05, 4.69) is 0 Å². The average Bonchev–Trinajstić information content (AvgIpc) is 2.35. The van der Waals surface area contributed by atoms with Crippen molar-refractivity contribution in [1.82, 2.24) is 0 Å². The molecule has 0 unspecified atom stereocenters. The van der Waals surface area contributed by atoms with Gasteiger partial charge in [-0.1, -0.05) is 0 Å². The van der Waals surface area contributed by atoms with Gasteiger partial charge in [0.05, 0.1) is 27.4 Å². The summed E-state index contributed by atoms with van der Waals surface area (Å²) in [5, 5.41) is 0. The van der Waals surface area contributed by atoms with Gasteiger partial charge in [0.25, 0.3) is 6.43 Å². The van der Waals surface area contributed by atoms with Crippen LogP contribution in [0.1, 0.15) is 11.6 Å². The van der Waals surface area contributed by atoms with Gasteiger partial charge in [-0.3, -0.25) is 0 Å². The molecule has 0 spiro atoms. The second kappa shape index (κ2) is 5.67. The predicted octanol–water partition coefficient (Wildman–Crippen LogP) is 1.98. The number of benzene rings is 1. The van der Waals surface area contributed by atoms with Crippen LogP contribution in [0.2, 0.25) is 0 Å². The molecule has 2 N–H and O–H groups in total. The van der Waals surface area contributed by atoms with Crippen molar-refractivity contribution < 1.29 is 23.0 Å². The van der Waals surface area contributed by atoms with Crippen LogP contribution >= 0.6 is 0 Å². The SMILES string of the molecule is COc1cc(OC)c([C@H](N)C(F)F)cc1OC. The Morgan fingerprint density at radius 3 is 1.82 bits per heavy atom. The molecule has 0 amide bonds. The molecule has 6 heteroatoms. The fourth-order valence-electron chi connectivity index (χ4n) is 1.45. The Labute approximate surface area is 98.3 Å². The summed E-state index contributed by atoms with van der Waals surface area (Å²) >= 11 is 0. The highest BCUT2D eigenvalue weighted by molar-refractivity contribution is 5.51. The number of alkyl halides is 2. The molecule has 0 saturated heterocycles. The fraction of sp³-hybridized carbons (Fsp3) is 0.455. The highest BCUT2D eigenvalue weighted by Crippen LogP contribution is 2.38. The lowest BCUT2D eigenvalue weighted by atomic mass is 10.1. The monoisotopic (exact) mass is 247 g/mol. The molecule has 1 atom stereocenters. The summed E-state index contributed by atoms with van der Waals surface area (Å²) in [6.45, 7) is 0. The molecule has 1 aromatic carbocycles. The fourth-order valence-corrected chi connectivity index (χ4v) is 1.45. The van der Waals surface area contributed by atoms with Crippen molar-refractivity contribution in [1.29, 1.82) is 0 Å². The van der Waals surface area contributed by atoms with Crippen LogP contribution in [0.15, 0.2) is 12.1 Å². The van der Waals surface area contributed by atoms with E-state index < -0.39 is 12.5 Å². The largest absolute Gasteiger partial charge is 0.496 e. The van der Waals surface area contributed by atoms with Gasteiger partial charge < -0.3 is 19.9 Å². The van der Waals surface area contributed by atoms with E-state index in [1.165, 1.54) is 33.5 Å². The number of nitrogens with two attached hydrogens (primary N) is 1. The Bertz CT molecular complexity index is 385. The van der Waals surface area contributed by atoms with Crippen LogP contribution < -0.4 is 19.9 Å². The summed E-state index contributed by atoms with van der Waals surface area (Å²) in [7, 11) is 4.24. The maximum atomic E-state index is 12.6. The van der Waals surface area contributed by atoms with Gasteiger partial charge in [0.15, 0.2) is 11.5 Å². The van der Waals surface area contributed by atoms with Gasteiger partial charge in [-0.05, 0) is 6.07 Å². The number of hydrogen-bond donors (Lipinski definition) is 1. The molecule has 0 aromatic heterocycles. The first kappa shape index (κ1) is 13.5. The second-order valence-corrected chi connectivity index (χ2v) is 3.31. The molecular weight excluding hydrogens is 232 g/mol. The molecule has 0 bridgehead atoms. The number of rotatable bonds is 5. The Balaban J connectivity index is 3.28. The number of hydrogen-bond acceptors (Lipinski definition) is 4. The summed E-state index contributed by atoms with van der Waals surface area (Å²) in [5.74, 6) is 0.976. The second-order valence-electron chi connectivity index (χ2n) is 3.31. The minimum atomic E-state index is -2.68. The molecule has 0 aliphatic heterocycles. The first-order valence-electron chi connectivity index (χ1n) is 4.88. The van der Waals surface area contributed by atoms with Crippen molar-refractivity contribution in [3.63, 3.8) is 0 Å². The highest BCUT2D eigenvalue weighted by Gasteiger charge is 2.23. The van der Waals surface area contributed by atoms with Gasteiger partial charge in [0, 0.05) is 11.6 Å². The molecule has 4 nitrogen and oxygen atoms in total. The van der Waals surface area contributed by atoms with Gasteiger partial charge in [0.2, 0.25) is 0 Å². The highest BCUT2D eigenvalue weighted by atomic mass is 19.3. The van der Waals surface area contributed by atoms with E-state index in [1.807, 2.05) is 0 Å². The van der Waals surface area contributed by atoms with Crippen LogP contribution in [0.5, 0.6) is 17.2 Å². The lowest BCUT2D eigenvalue weighted by Gasteiger charge is -2.17. The van der Waals surface area contributed by atoms with E-state index in [-0.39, 0.29) is 11.3 Å². The third-order valence-electron chi connectivity index (χ3n) is 2.37. The van der Waals surface area contributed by atoms with Crippen LogP contribution in [0.4, 0.5) is 8.78 Å². The summed E-state index contributed by atoms with van der Waals surface area (Å²) in [6.07, 6.45) is -2.68. The minimum Gasteiger partial charge on any atom is -0.496 e. The third-order valence-corrected chi connectivity index (χ3v) is 2.37.